The first kappa shape index (κ1) is 20.7. The van der Waals surface area contributed by atoms with E-state index >= 15 is 0 Å². The molecule has 0 heterocycles. The molecule has 0 aliphatic carbocycles. The second-order valence-electron chi connectivity index (χ2n) is 7.42. The van der Waals surface area contributed by atoms with Crippen LogP contribution < -0.4 is 4.74 Å². The zero-order chi connectivity index (χ0) is 20.5. The molecule has 1 N–H and O–H groups in total. The Kier molecular flexibility index (Phi) is 7.48. The van der Waals surface area contributed by atoms with Gasteiger partial charge in [0, 0.05) is 6.54 Å². The molecule has 0 atom stereocenters. The third kappa shape index (κ3) is 6.81. The largest absolute Gasteiger partial charge is 0.508 e. The maximum atomic E-state index is 9.53. The number of hydrogen-bond acceptors (Lipinski definition) is 3. The maximum Gasteiger partial charge on any atom is 0.119 e. The molecule has 3 rings (SSSR count). The summed E-state index contributed by atoms with van der Waals surface area (Å²) < 4.78 is 5.78. The van der Waals surface area contributed by atoms with E-state index in [1.165, 1.54) is 16.7 Å². The summed E-state index contributed by atoms with van der Waals surface area (Å²) in [6.07, 6.45) is 4.09. The van der Waals surface area contributed by atoms with E-state index in [-0.39, 0.29) is 5.75 Å². The number of phenolic OH excluding ortho intramolecular Hbond substituents is 1. The lowest BCUT2D eigenvalue weighted by Crippen LogP contribution is -2.19. The van der Waals surface area contributed by atoms with E-state index in [1.807, 2.05) is 32.3 Å². The van der Waals surface area contributed by atoms with Crippen molar-refractivity contribution in [2.75, 3.05) is 27.2 Å². The van der Waals surface area contributed by atoms with Gasteiger partial charge in [-0.15, -0.1) is 0 Å². The van der Waals surface area contributed by atoms with Gasteiger partial charge in [-0.3, -0.25) is 0 Å². The van der Waals surface area contributed by atoms with Crippen molar-refractivity contribution in [1.29, 1.82) is 0 Å². The quantitative estimate of drug-likeness (QED) is 0.492. The second-order valence-corrected chi connectivity index (χ2v) is 7.42. The molecule has 0 fully saturated rings. The molecule has 3 nitrogen and oxygen atoms in total. The number of likely N-dealkylation sites (N-methyl/N-ethyl adjacent to an activating group) is 1. The normalized spacial score (nSPS) is 11.6. The van der Waals surface area contributed by atoms with Gasteiger partial charge in [0.1, 0.15) is 18.1 Å². The number of nitrogens with zero attached hydrogens (tertiary/aromatic N) is 1. The van der Waals surface area contributed by atoms with Gasteiger partial charge in [0.2, 0.25) is 0 Å². The van der Waals surface area contributed by atoms with Crippen molar-refractivity contribution in [2.24, 2.45) is 0 Å². The highest BCUT2D eigenvalue weighted by atomic mass is 16.5. The van der Waals surface area contributed by atoms with Gasteiger partial charge in [-0.05, 0) is 73.5 Å². The van der Waals surface area contributed by atoms with Crippen LogP contribution in [0.1, 0.15) is 23.1 Å². The van der Waals surface area contributed by atoms with Crippen molar-refractivity contribution in [3.05, 3.63) is 95.6 Å². The minimum Gasteiger partial charge on any atom is -0.508 e. The van der Waals surface area contributed by atoms with Gasteiger partial charge in [-0.1, -0.05) is 60.7 Å². The highest BCUT2D eigenvalue weighted by Gasteiger charge is 2.04. The Bertz CT molecular complexity index is 898. The number of hydrogen-bond donors (Lipinski definition) is 1. The molecule has 3 heteroatoms. The fourth-order valence-corrected chi connectivity index (χ4v) is 3.10. The van der Waals surface area contributed by atoms with E-state index in [9.17, 15) is 5.11 Å². The Balaban J connectivity index is 1.68. The number of benzene rings is 3. The van der Waals surface area contributed by atoms with Crippen LogP contribution in [0, 0.1) is 0 Å². The topological polar surface area (TPSA) is 32.7 Å². The summed E-state index contributed by atoms with van der Waals surface area (Å²) in [4.78, 5) is 2.11. The summed E-state index contributed by atoms with van der Waals surface area (Å²) in [6, 6.07) is 26.2. The van der Waals surface area contributed by atoms with Crippen LogP contribution in [-0.4, -0.2) is 37.3 Å². The monoisotopic (exact) mass is 387 g/mol. The molecule has 0 spiro atoms. The van der Waals surface area contributed by atoms with Crippen LogP contribution in [0.2, 0.25) is 0 Å². The Labute approximate surface area is 173 Å². The van der Waals surface area contributed by atoms with Crippen LogP contribution in [0.25, 0.3) is 11.6 Å². The number of ether oxygens (including phenoxy) is 1. The molecule has 0 aliphatic rings. The Morgan fingerprint density at radius 2 is 1.59 bits per heavy atom. The van der Waals surface area contributed by atoms with Crippen molar-refractivity contribution in [3.63, 3.8) is 0 Å². The van der Waals surface area contributed by atoms with E-state index in [0.29, 0.717) is 6.61 Å². The zero-order valence-electron chi connectivity index (χ0n) is 17.2. The molecule has 0 aromatic heterocycles. The predicted molar refractivity (Wildman–Crippen MR) is 121 cm³/mol. The summed E-state index contributed by atoms with van der Waals surface area (Å²) in [5.41, 5.74) is 4.88. The van der Waals surface area contributed by atoms with Gasteiger partial charge >= 0.3 is 0 Å². The molecule has 0 aliphatic heterocycles. The molecular formula is C26H29NO2. The van der Waals surface area contributed by atoms with Crippen LogP contribution in [0.5, 0.6) is 11.5 Å². The fourth-order valence-electron chi connectivity index (χ4n) is 3.10. The van der Waals surface area contributed by atoms with Crippen molar-refractivity contribution in [3.8, 4) is 11.5 Å². The lowest BCUT2D eigenvalue weighted by Gasteiger charge is -2.12. The molecule has 0 amide bonds. The first-order valence-corrected chi connectivity index (χ1v) is 10.0. The number of allylic oxidation sites excluding steroid dienone is 1. The first-order chi connectivity index (χ1) is 14.1. The zero-order valence-corrected chi connectivity index (χ0v) is 17.2. The average Bonchev–Trinajstić information content (AvgIpc) is 2.74. The van der Waals surface area contributed by atoms with Crippen LogP contribution in [0.3, 0.4) is 0 Å². The highest BCUT2D eigenvalue weighted by Crippen LogP contribution is 2.25. The molecule has 29 heavy (non-hydrogen) atoms. The number of aromatic hydroxyl groups is 1. The maximum absolute atomic E-state index is 9.53. The van der Waals surface area contributed by atoms with Crippen LogP contribution >= 0.6 is 0 Å². The molecule has 0 saturated heterocycles. The Morgan fingerprint density at radius 3 is 2.24 bits per heavy atom. The van der Waals surface area contributed by atoms with Crippen molar-refractivity contribution < 1.29 is 9.84 Å². The minimum atomic E-state index is 0.288. The van der Waals surface area contributed by atoms with E-state index in [4.69, 9.17) is 4.74 Å². The van der Waals surface area contributed by atoms with Crippen LogP contribution in [0.15, 0.2) is 78.9 Å². The lowest BCUT2D eigenvalue weighted by atomic mass is 9.96. The number of phenols is 1. The fraction of sp³-hybridized carbons (Fsp3) is 0.231. The first-order valence-electron chi connectivity index (χ1n) is 10.0. The van der Waals surface area contributed by atoms with Gasteiger partial charge in [0.15, 0.2) is 0 Å². The van der Waals surface area contributed by atoms with Crippen molar-refractivity contribution in [1.82, 2.24) is 4.90 Å². The Hall–Kier alpha value is -3.04. The molecule has 3 aromatic rings. The molecule has 0 radical (unpaired) electrons. The van der Waals surface area contributed by atoms with E-state index in [0.717, 1.165) is 30.7 Å². The van der Waals surface area contributed by atoms with Crippen LogP contribution in [-0.2, 0) is 6.42 Å². The summed E-state index contributed by atoms with van der Waals surface area (Å²) >= 11 is 0. The summed E-state index contributed by atoms with van der Waals surface area (Å²) in [6.45, 7) is 1.60. The molecule has 0 bridgehead atoms. The summed E-state index contributed by atoms with van der Waals surface area (Å²) in [5, 5.41) is 9.53. The molecule has 0 unspecified atom stereocenters. The van der Waals surface area contributed by atoms with Gasteiger partial charge < -0.3 is 14.7 Å². The van der Waals surface area contributed by atoms with E-state index < -0.39 is 0 Å². The van der Waals surface area contributed by atoms with Crippen LogP contribution in [0.4, 0.5) is 0 Å². The lowest BCUT2D eigenvalue weighted by molar-refractivity contribution is 0.261. The number of rotatable bonds is 9. The molecule has 3 aromatic carbocycles. The predicted octanol–water partition coefficient (Wildman–Crippen LogP) is 5.51. The summed E-state index contributed by atoms with van der Waals surface area (Å²) in [5.74, 6) is 1.20. The Morgan fingerprint density at radius 1 is 0.897 bits per heavy atom. The molecule has 0 saturated carbocycles. The molecule has 150 valence electrons. The van der Waals surface area contributed by atoms with Gasteiger partial charge in [-0.2, -0.15) is 0 Å². The minimum absolute atomic E-state index is 0.288. The highest BCUT2D eigenvalue weighted by molar-refractivity contribution is 5.81. The van der Waals surface area contributed by atoms with Gasteiger partial charge in [0.05, 0.1) is 0 Å². The molecular weight excluding hydrogens is 358 g/mol. The number of aryl methyl sites for hydroxylation is 1. The standard InChI is InChI=1S/C26H29NO2/c1-27(2)18-19-29-26-16-11-21(12-17-26)8-13-24(23-6-4-3-5-7-23)20-22-9-14-25(28)15-10-22/h3-7,9-12,14-17,20,28H,8,13,18-19H2,1-2H3/b24-20-. The summed E-state index contributed by atoms with van der Waals surface area (Å²) in [7, 11) is 4.09. The third-order valence-corrected chi connectivity index (χ3v) is 4.79. The van der Waals surface area contributed by atoms with Gasteiger partial charge in [-0.25, -0.2) is 0 Å². The SMILES string of the molecule is CN(C)CCOc1ccc(CC/C(=C/c2ccc(O)cc2)c2ccccc2)cc1. The van der Waals surface area contributed by atoms with Crippen molar-refractivity contribution >= 4 is 11.6 Å². The third-order valence-electron chi connectivity index (χ3n) is 4.79. The smallest absolute Gasteiger partial charge is 0.119 e. The van der Waals surface area contributed by atoms with Gasteiger partial charge in [0.25, 0.3) is 0 Å². The average molecular weight is 388 g/mol. The van der Waals surface area contributed by atoms with Crippen molar-refractivity contribution in [2.45, 2.75) is 12.8 Å². The second kappa shape index (κ2) is 10.5. The van der Waals surface area contributed by atoms with E-state index in [1.54, 1.807) is 12.1 Å². The van der Waals surface area contributed by atoms with E-state index in [2.05, 4.69) is 59.5 Å².